The van der Waals surface area contributed by atoms with Crippen molar-refractivity contribution in [1.82, 2.24) is 4.90 Å². The minimum atomic E-state index is -0.807. The van der Waals surface area contributed by atoms with Gasteiger partial charge >= 0.3 is 24.1 Å². The number of hydrogen-bond donors (Lipinski definition) is 0. The van der Waals surface area contributed by atoms with Gasteiger partial charge in [0.25, 0.3) is 0 Å². The van der Waals surface area contributed by atoms with Crippen molar-refractivity contribution in [3.63, 3.8) is 0 Å². The van der Waals surface area contributed by atoms with E-state index in [0.717, 1.165) is 90.3 Å². The van der Waals surface area contributed by atoms with Gasteiger partial charge < -0.3 is 38.1 Å². The molecule has 0 amide bonds. The Kier molecular flexibility index (Phi) is 46.2. The molecule has 0 aliphatic carbocycles. The van der Waals surface area contributed by atoms with Gasteiger partial charge in [0.2, 0.25) is 0 Å². The monoisotopic (exact) mass is 928 g/mol. The number of hydrogen-bond acceptors (Lipinski definition) is 12. The molecule has 65 heavy (non-hydrogen) atoms. The highest BCUT2D eigenvalue weighted by Crippen LogP contribution is 2.18. The first-order chi connectivity index (χ1) is 31.7. The number of carbonyl (C=O) groups excluding carboxylic acids is 4. The van der Waals surface area contributed by atoms with E-state index in [4.69, 9.17) is 33.2 Å². The van der Waals surface area contributed by atoms with Crippen LogP contribution >= 0.6 is 0 Å². The predicted molar refractivity (Wildman–Crippen MR) is 262 cm³/mol. The second-order valence-corrected chi connectivity index (χ2v) is 18.0. The van der Waals surface area contributed by atoms with Gasteiger partial charge in [-0.05, 0) is 70.9 Å². The molecule has 0 fully saturated rings. The van der Waals surface area contributed by atoms with E-state index in [0.29, 0.717) is 38.9 Å². The highest BCUT2D eigenvalue weighted by Gasteiger charge is 2.20. The van der Waals surface area contributed by atoms with Crippen molar-refractivity contribution in [1.29, 1.82) is 0 Å². The van der Waals surface area contributed by atoms with Crippen molar-refractivity contribution in [3.05, 3.63) is 0 Å². The fourth-order valence-electron chi connectivity index (χ4n) is 7.56. The van der Waals surface area contributed by atoms with Crippen LogP contribution in [0.2, 0.25) is 0 Å². The number of esters is 3. The van der Waals surface area contributed by atoms with E-state index >= 15 is 0 Å². The van der Waals surface area contributed by atoms with E-state index in [9.17, 15) is 19.2 Å². The summed E-state index contributed by atoms with van der Waals surface area (Å²) in [6.07, 6.45) is 28.7. The van der Waals surface area contributed by atoms with Gasteiger partial charge in [-0.2, -0.15) is 0 Å². The number of unbranched alkanes of at least 4 members (excludes halogenated alkanes) is 19. The smallest absolute Gasteiger partial charge is 0.465 e. The summed E-state index contributed by atoms with van der Waals surface area (Å²) in [5.41, 5.74) is 0. The molecule has 0 rings (SSSR count). The van der Waals surface area contributed by atoms with Crippen LogP contribution in [0.5, 0.6) is 0 Å². The van der Waals surface area contributed by atoms with Crippen molar-refractivity contribution < 1.29 is 52.3 Å². The molecule has 12 nitrogen and oxygen atoms in total. The summed E-state index contributed by atoms with van der Waals surface area (Å²) in [6, 6.07) is 0. The summed E-state index contributed by atoms with van der Waals surface area (Å²) in [5, 5.41) is 0. The van der Waals surface area contributed by atoms with E-state index in [1.165, 1.54) is 89.9 Å². The molecule has 0 aromatic carbocycles. The molecule has 1 atom stereocenters. The molecule has 12 heteroatoms. The summed E-state index contributed by atoms with van der Waals surface area (Å²) in [4.78, 5) is 53.2. The molecular formula is C53H101NO11. The Morgan fingerprint density at radius 2 is 0.831 bits per heavy atom. The third-order valence-electron chi connectivity index (χ3n) is 11.9. The van der Waals surface area contributed by atoms with Crippen LogP contribution in [-0.2, 0) is 47.5 Å². The SMILES string of the molecule is CCCCCCCCOC(CCC(=O)OC[C@@H](COC(=O)CCCCCCC(=O)OC(CCCCCC)CCCCCC)COC(=O)OCCCN(CC)CC)OCCCCCCCC. The van der Waals surface area contributed by atoms with E-state index in [2.05, 4.69) is 46.4 Å². The number of rotatable bonds is 49. The van der Waals surface area contributed by atoms with Crippen LogP contribution in [0.4, 0.5) is 4.79 Å². The maximum absolute atomic E-state index is 13.0. The normalized spacial score (nSPS) is 12.0. The van der Waals surface area contributed by atoms with Crippen molar-refractivity contribution in [3.8, 4) is 0 Å². The Morgan fingerprint density at radius 1 is 0.400 bits per heavy atom. The number of carbonyl (C=O) groups is 4. The van der Waals surface area contributed by atoms with Gasteiger partial charge in [0.15, 0.2) is 6.29 Å². The zero-order chi connectivity index (χ0) is 47.9. The summed E-state index contributed by atoms with van der Waals surface area (Å²) in [5.74, 6) is -1.48. The van der Waals surface area contributed by atoms with E-state index in [1.807, 2.05) is 0 Å². The Hall–Kier alpha value is -2.44. The Labute approximate surface area is 398 Å². The van der Waals surface area contributed by atoms with Crippen molar-refractivity contribution in [2.75, 3.05) is 59.3 Å². The second-order valence-electron chi connectivity index (χ2n) is 18.0. The first-order valence-corrected chi connectivity index (χ1v) is 27.0. The molecule has 0 heterocycles. The molecule has 0 aromatic rings. The molecule has 0 aliphatic rings. The van der Waals surface area contributed by atoms with Gasteiger partial charge in [0.05, 0.1) is 18.9 Å². The number of nitrogens with zero attached hydrogens (tertiary/aromatic N) is 1. The van der Waals surface area contributed by atoms with Crippen molar-refractivity contribution >= 4 is 24.1 Å². The van der Waals surface area contributed by atoms with Crippen LogP contribution in [0.1, 0.15) is 241 Å². The molecule has 0 spiro atoms. The molecule has 0 saturated carbocycles. The van der Waals surface area contributed by atoms with E-state index in [-0.39, 0.29) is 57.3 Å². The van der Waals surface area contributed by atoms with Crippen molar-refractivity contribution in [2.24, 2.45) is 5.92 Å². The Balaban J connectivity index is 5.02. The average Bonchev–Trinajstić information content (AvgIpc) is 3.30. The third-order valence-corrected chi connectivity index (χ3v) is 11.9. The maximum atomic E-state index is 13.0. The first-order valence-electron chi connectivity index (χ1n) is 27.0. The molecule has 0 aromatic heterocycles. The molecule has 0 aliphatic heterocycles. The van der Waals surface area contributed by atoms with Crippen LogP contribution in [0.25, 0.3) is 0 Å². The molecule has 0 unspecified atom stereocenters. The predicted octanol–water partition coefficient (Wildman–Crippen LogP) is 13.6. The quantitative estimate of drug-likeness (QED) is 0.0249. The minimum Gasteiger partial charge on any atom is -0.465 e. The van der Waals surface area contributed by atoms with Crippen molar-refractivity contribution in [2.45, 2.75) is 253 Å². The second kappa shape index (κ2) is 48.0. The van der Waals surface area contributed by atoms with Gasteiger partial charge in [-0.15, -0.1) is 0 Å². The number of ether oxygens (including phenoxy) is 7. The lowest BCUT2D eigenvalue weighted by atomic mass is 10.0. The fourth-order valence-corrected chi connectivity index (χ4v) is 7.56. The Morgan fingerprint density at radius 3 is 1.34 bits per heavy atom. The fraction of sp³-hybridized carbons (Fsp3) is 0.925. The zero-order valence-electron chi connectivity index (χ0n) is 43.0. The lowest BCUT2D eigenvalue weighted by molar-refractivity contribution is -0.161. The molecule has 0 saturated heterocycles. The topological polar surface area (TPSA) is 136 Å². The van der Waals surface area contributed by atoms with Crippen LogP contribution < -0.4 is 0 Å². The average molecular weight is 928 g/mol. The summed E-state index contributed by atoms with van der Waals surface area (Å²) >= 11 is 0. The van der Waals surface area contributed by atoms with Crippen LogP contribution in [0.3, 0.4) is 0 Å². The van der Waals surface area contributed by atoms with Gasteiger partial charge in [-0.3, -0.25) is 14.4 Å². The van der Waals surface area contributed by atoms with E-state index < -0.39 is 24.3 Å². The summed E-state index contributed by atoms with van der Waals surface area (Å²) < 4.78 is 40.0. The molecular weight excluding hydrogens is 827 g/mol. The molecule has 0 bridgehead atoms. The van der Waals surface area contributed by atoms with Gasteiger partial charge in [-0.1, -0.05) is 157 Å². The van der Waals surface area contributed by atoms with E-state index in [1.54, 1.807) is 0 Å². The lowest BCUT2D eigenvalue weighted by Gasteiger charge is -2.20. The standard InChI is InChI=1S/C53H101NO11/c1-7-13-17-21-25-31-41-59-52(60-42-32-26-22-18-14-8-2)39-38-50(56)63-45-47(46-64-53(58)61-43-33-40-54(11-5)12-6)44-62-49(55)36-29-23-24-30-37-51(57)65-48(34-27-19-15-9-3)35-28-20-16-10-4/h47-48,52H,7-46H2,1-6H3/t47-/m1/s1. The lowest BCUT2D eigenvalue weighted by Crippen LogP contribution is -2.28. The first kappa shape index (κ1) is 62.6. The highest BCUT2D eigenvalue weighted by atomic mass is 16.7. The Bertz CT molecular complexity index is 1060. The summed E-state index contributed by atoms with van der Waals surface area (Å²) in [7, 11) is 0. The van der Waals surface area contributed by atoms with Gasteiger partial charge in [0, 0.05) is 39.0 Å². The largest absolute Gasteiger partial charge is 0.508 e. The zero-order valence-corrected chi connectivity index (χ0v) is 43.0. The van der Waals surface area contributed by atoms with Gasteiger partial charge in [0.1, 0.15) is 25.9 Å². The summed E-state index contributed by atoms with van der Waals surface area (Å²) in [6.45, 7) is 16.8. The van der Waals surface area contributed by atoms with Gasteiger partial charge in [-0.25, -0.2) is 4.79 Å². The maximum Gasteiger partial charge on any atom is 0.508 e. The van der Waals surface area contributed by atoms with Crippen LogP contribution in [0.15, 0.2) is 0 Å². The third kappa shape index (κ3) is 42.6. The molecule has 0 radical (unpaired) electrons. The molecule has 384 valence electrons. The van der Waals surface area contributed by atoms with Crippen LogP contribution in [-0.4, -0.2) is 101 Å². The van der Waals surface area contributed by atoms with Crippen LogP contribution in [0, 0.1) is 5.92 Å². The highest BCUT2D eigenvalue weighted by molar-refractivity contribution is 5.70. The minimum absolute atomic E-state index is 0.0163. The molecule has 0 N–H and O–H groups in total.